The zero-order valence-corrected chi connectivity index (χ0v) is 9.69. The predicted molar refractivity (Wildman–Crippen MR) is 65.8 cm³/mol. The molecule has 0 amide bonds. The monoisotopic (exact) mass is 221 g/mol. The van der Waals surface area contributed by atoms with Crippen LogP contribution in [0.2, 0.25) is 0 Å². The minimum absolute atomic E-state index is 0.287. The van der Waals surface area contributed by atoms with Crippen LogP contribution in [0.1, 0.15) is 12.8 Å². The fourth-order valence-electron chi connectivity index (χ4n) is 2.19. The maximum Gasteiger partial charge on any atom is 0.0573 e. The van der Waals surface area contributed by atoms with Crippen molar-refractivity contribution in [3.63, 3.8) is 0 Å². The topological polar surface area (TPSA) is 48.4 Å². The molecule has 0 radical (unpaired) electrons. The van der Waals surface area contributed by atoms with Crippen LogP contribution in [-0.2, 0) is 0 Å². The SMILES string of the molecule is CNc1cncc(N2CCCC(CO)C2)c1. The molecule has 0 saturated carbocycles. The molecule has 1 atom stereocenters. The maximum absolute atomic E-state index is 9.20. The van der Waals surface area contributed by atoms with Crippen LogP contribution in [0, 0.1) is 5.92 Å². The summed E-state index contributed by atoms with van der Waals surface area (Å²) >= 11 is 0. The number of aromatic nitrogens is 1. The third-order valence-electron chi connectivity index (χ3n) is 3.15. The van der Waals surface area contributed by atoms with Gasteiger partial charge in [-0.05, 0) is 24.8 Å². The maximum atomic E-state index is 9.20. The van der Waals surface area contributed by atoms with Gasteiger partial charge in [0.2, 0.25) is 0 Å². The Morgan fingerprint density at radius 2 is 2.44 bits per heavy atom. The van der Waals surface area contributed by atoms with E-state index in [1.165, 1.54) is 0 Å². The Balaban J connectivity index is 2.10. The number of hydrogen-bond acceptors (Lipinski definition) is 4. The van der Waals surface area contributed by atoms with Gasteiger partial charge in [-0.1, -0.05) is 0 Å². The van der Waals surface area contributed by atoms with E-state index >= 15 is 0 Å². The minimum atomic E-state index is 0.287. The summed E-state index contributed by atoms with van der Waals surface area (Å²) < 4.78 is 0. The zero-order chi connectivity index (χ0) is 11.4. The van der Waals surface area contributed by atoms with Crippen molar-refractivity contribution in [2.24, 2.45) is 5.92 Å². The molecule has 88 valence electrons. The van der Waals surface area contributed by atoms with E-state index in [0.29, 0.717) is 5.92 Å². The third-order valence-corrected chi connectivity index (χ3v) is 3.15. The molecule has 1 aromatic heterocycles. The van der Waals surface area contributed by atoms with Gasteiger partial charge in [0.1, 0.15) is 0 Å². The van der Waals surface area contributed by atoms with Gasteiger partial charge in [-0.3, -0.25) is 4.98 Å². The lowest BCUT2D eigenvalue weighted by Crippen LogP contribution is -2.36. The third kappa shape index (κ3) is 2.44. The molecule has 4 nitrogen and oxygen atoms in total. The van der Waals surface area contributed by atoms with E-state index in [1.807, 2.05) is 19.4 Å². The van der Waals surface area contributed by atoms with Crippen LogP contribution < -0.4 is 10.2 Å². The number of piperidine rings is 1. The summed E-state index contributed by atoms with van der Waals surface area (Å²) in [5, 5.41) is 12.3. The first-order valence-corrected chi connectivity index (χ1v) is 5.82. The summed E-state index contributed by atoms with van der Waals surface area (Å²) in [7, 11) is 1.90. The van der Waals surface area contributed by atoms with E-state index in [1.54, 1.807) is 0 Å². The fourth-order valence-corrected chi connectivity index (χ4v) is 2.19. The Kier molecular flexibility index (Phi) is 3.62. The molecular formula is C12H19N3O. The number of aliphatic hydroxyl groups excluding tert-OH is 1. The molecule has 1 unspecified atom stereocenters. The number of rotatable bonds is 3. The second-order valence-electron chi connectivity index (χ2n) is 4.32. The molecule has 1 saturated heterocycles. The predicted octanol–water partition coefficient (Wildman–Crippen LogP) is 1.33. The summed E-state index contributed by atoms with van der Waals surface area (Å²) in [5.41, 5.74) is 2.17. The van der Waals surface area contributed by atoms with Crippen LogP contribution in [0.15, 0.2) is 18.5 Å². The Labute approximate surface area is 96.3 Å². The van der Waals surface area contributed by atoms with Crippen LogP contribution in [0.5, 0.6) is 0 Å². The molecule has 2 N–H and O–H groups in total. The highest BCUT2D eigenvalue weighted by Gasteiger charge is 2.19. The van der Waals surface area contributed by atoms with Gasteiger partial charge in [0.15, 0.2) is 0 Å². The summed E-state index contributed by atoms with van der Waals surface area (Å²) in [5.74, 6) is 0.409. The van der Waals surface area contributed by atoms with Crippen molar-refractivity contribution in [3.8, 4) is 0 Å². The number of hydrogen-bond donors (Lipinski definition) is 2. The van der Waals surface area contributed by atoms with Gasteiger partial charge in [0.25, 0.3) is 0 Å². The standard InChI is InChI=1S/C12H19N3O/c1-13-11-5-12(7-14-6-11)15-4-2-3-10(8-15)9-16/h5-7,10,13,16H,2-4,8-9H2,1H3. The molecule has 0 spiro atoms. The quantitative estimate of drug-likeness (QED) is 0.808. The number of aliphatic hydroxyl groups is 1. The van der Waals surface area contributed by atoms with Crippen molar-refractivity contribution in [2.45, 2.75) is 12.8 Å². The molecule has 0 aromatic carbocycles. The number of nitrogens with one attached hydrogen (secondary N) is 1. The van der Waals surface area contributed by atoms with Crippen molar-refractivity contribution in [2.75, 3.05) is 37.0 Å². The highest BCUT2D eigenvalue weighted by Crippen LogP contribution is 2.24. The molecule has 2 rings (SSSR count). The van der Waals surface area contributed by atoms with E-state index in [0.717, 1.165) is 37.3 Å². The average molecular weight is 221 g/mol. The molecule has 1 aliphatic heterocycles. The Morgan fingerprint density at radius 3 is 3.19 bits per heavy atom. The molecule has 0 aliphatic carbocycles. The van der Waals surface area contributed by atoms with Crippen molar-refractivity contribution in [1.29, 1.82) is 0 Å². The highest BCUT2D eigenvalue weighted by molar-refractivity contribution is 5.55. The lowest BCUT2D eigenvalue weighted by atomic mass is 9.99. The summed E-state index contributed by atoms with van der Waals surface area (Å²) in [6.07, 6.45) is 5.98. The van der Waals surface area contributed by atoms with Gasteiger partial charge in [-0.25, -0.2) is 0 Å². The van der Waals surface area contributed by atoms with Crippen LogP contribution in [0.25, 0.3) is 0 Å². The molecule has 0 bridgehead atoms. The van der Waals surface area contributed by atoms with Gasteiger partial charge >= 0.3 is 0 Å². The lowest BCUT2D eigenvalue weighted by Gasteiger charge is -2.33. The van der Waals surface area contributed by atoms with Gasteiger partial charge in [-0.15, -0.1) is 0 Å². The molecule has 16 heavy (non-hydrogen) atoms. The summed E-state index contributed by atoms with van der Waals surface area (Å²) in [4.78, 5) is 6.52. The van der Waals surface area contributed by atoms with Gasteiger partial charge in [0, 0.05) is 26.7 Å². The first kappa shape index (κ1) is 11.2. The number of nitrogens with zero attached hydrogens (tertiary/aromatic N) is 2. The van der Waals surface area contributed by atoms with Crippen LogP contribution in [0.4, 0.5) is 11.4 Å². The minimum Gasteiger partial charge on any atom is -0.396 e. The van der Waals surface area contributed by atoms with E-state index in [2.05, 4.69) is 21.3 Å². The second kappa shape index (κ2) is 5.16. The van der Waals surface area contributed by atoms with E-state index < -0.39 is 0 Å². The molecular weight excluding hydrogens is 202 g/mol. The lowest BCUT2D eigenvalue weighted by molar-refractivity contribution is 0.208. The van der Waals surface area contributed by atoms with Crippen LogP contribution >= 0.6 is 0 Å². The summed E-state index contributed by atoms with van der Waals surface area (Å²) in [6, 6.07) is 2.10. The highest BCUT2D eigenvalue weighted by atomic mass is 16.3. The Bertz CT molecular complexity index is 343. The van der Waals surface area contributed by atoms with Crippen molar-refractivity contribution >= 4 is 11.4 Å². The smallest absolute Gasteiger partial charge is 0.0573 e. The molecule has 1 fully saturated rings. The van der Waals surface area contributed by atoms with Gasteiger partial charge in [0.05, 0.1) is 23.8 Å². The second-order valence-corrected chi connectivity index (χ2v) is 4.32. The van der Waals surface area contributed by atoms with E-state index in [9.17, 15) is 5.11 Å². The zero-order valence-electron chi connectivity index (χ0n) is 9.69. The first-order valence-electron chi connectivity index (χ1n) is 5.82. The van der Waals surface area contributed by atoms with Crippen molar-refractivity contribution in [3.05, 3.63) is 18.5 Å². The number of anilines is 2. The first-order chi connectivity index (χ1) is 7.83. The van der Waals surface area contributed by atoms with Crippen molar-refractivity contribution < 1.29 is 5.11 Å². The summed E-state index contributed by atoms with van der Waals surface area (Å²) in [6.45, 7) is 2.28. The number of pyridine rings is 1. The molecule has 1 aromatic rings. The largest absolute Gasteiger partial charge is 0.396 e. The van der Waals surface area contributed by atoms with E-state index in [4.69, 9.17) is 0 Å². The Hall–Kier alpha value is -1.29. The molecule has 2 heterocycles. The van der Waals surface area contributed by atoms with Crippen LogP contribution in [0.3, 0.4) is 0 Å². The fraction of sp³-hybridized carbons (Fsp3) is 0.583. The van der Waals surface area contributed by atoms with Crippen molar-refractivity contribution in [1.82, 2.24) is 4.98 Å². The Morgan fingerprint density at radius 1 is 1.56 bits per heavy atom. The van der Waals surface area contributed by atoms with Gasteiger partial charge in [-0.2, -0.15) is 0 Å². The van der Waals surface area contributed by atoms with Crippen LogP contribution in [-0.4, -0.2) is 36.8 Å². The molecule has 1 aliphatic rings. The van der Waals surface area contributed by atoms with E-state index in [-0.39, 0.29) is 6.61 Å². The normalized spacial score (nSPS) is 20.9. The van der Waals surface area contributed by atoms with Gasteiger partial charge < -0.3 is 15.3 Å². The average Bonchev–Trinajstić information content (AvgIpc) is 2.39. The molecule has 4 heteroatoms.